The molecule has 1 aromatic carbocycles. The molecule has 3 aromatic rings. The Balaban J connectivity index is 1.49. The summed E-state index contributed by atoms with van der Waals surface area (Å²) in [5.41, 5.74) is 10.2. The van der Waals surface area contributed by atoms with Crippen LogP contribution in [0.25, 0.3) is 10.9 Å². The Labute approximate surface area is 179 Å². The smallest absolute Gasteiger partial charge is 0.268 e. The summed E-state index contributed by atoms with van der Waals surface area (Å²) in [7, 11) is 1.58. The molecule has 0 bridgehead atoms. The van der Waals surface area contributed by atoms with Gasteiger partial charge < -0.3 is 15.2 Å². The van der Waals surface area contributed by atoms with Crippen molar-refractivity contribution in [1.29, 1.82) is 0 Å². The van der Waals surface area contributed by atoms with Crippen LogP contribution in [0.15, 0.2) is 48.6 Å². The van der Waals surface area contributed by atoms with Gasteiger partial charge in [-0.2, -0.15) is 5.10 Å². The highest BCUT2D eigenvalue weighted by Crippen LogP contribution is 2.50. The van der Waals surface area contributed by atoms with E-state index in [-0.39, 0.29) is 0 Å². The van der Waals surface area contributed by atoms with Crippen molar-refractivity contribution in [2.24, 2.45) is 5.73 Å². The topological polar surface area (TPSA) is 95.5 Å². The summed E-state index contributed by atoms with van der Waals surface area (Å²) in [5.74, 6) is 0.453. The third kappa shape index (κ3) is 3.01. The SMILES string of the molecule is COc1ccc(C2OC=C(C(N)=O)N2c2cc3cnn(C4CC4)c3cc2C2CC2)cn1. The van der Waals surface area contributed by atoms with Crippen LogP contribution in [-0.4, -0.2) is 27.8 Å². The van der Waals surface area contributed by atoms with Gasteiger partial charge in [-0.25, -0.2) is 4.98 Å². The third-order valence-electron chi connectivity index (χ3n) is 6.22. The van der Waals surface area contributed by atoms with Crippen molar-refractivity contribution in [1.82, 2.24) is 14.8 Å². The molecular weight excluding hydrogens is 394 g/mol. The van der Waals surface area contributed by atoms with Crippen LogP contribution in [0.5, 0.6) is 5.88 Å². The molecule has 0 spiro atoms. The minimum absolute atomic E-state index is 0.330. The first-order valence-electron chi connectivity index (χ1n) is 10.6. The lowest BCUT2D eigenvalue weighted by atomic mass is 10.0. The van der Waals surface area contributed by atoms with E-state index in [0.29, 0.717) is 23.5 Å². The standard InChI is InChI=1S/C23H23N5O3/c1-30-21-7-4-14(10-25-21)23-27(20(12-31-23)22(24)29)19-8-15-11-26-28(16-5-6-16)18(15)9-17(19)13-2-3-13/h4,7-13,16,23H,2-3,5-6H2,1H3,(H2,24,29). The molecule has 3 aliphatic rings. The normalized spacial score (nSPS) is 20.6. The Morgan fingerprint density at radius 2 is 2.03 bits per heavy atom. The number of benzene rings is 1. The Morgan fingerprint density at radius 1 is 1.19 bits per heavy atom. The maximum atomic E-state index is 12.3. The largest absolute Gasteiger partial charge is 0.481 e. The highest BCUT2D eigenvalue weighted by Gasteiger charge is 2.38. The first-order chi connectivity index (χ1) is 15.1. The second-order valence-corrected chi connectivity index (χ2v) is 8.42. The van der Waals surface area contributed by atoms with Crippen LogP contribution in [0, 0.1) is 0 Å². The van der Waals surface area contributed by atoms with E-state index in [1.165, 1.54) is 24.7 Å². The van der Waals surface area contributed by atoms with Gasteiger partial charge in [0.2, 0.25) is 12.1 Å². The zero-order valence-electron chi connectivity index (χ0n) is 17.2. The molecular formula is C23H23N5O3. The summed E-state index contributed by atoms with van der Waals surface area (Å²) in [5, 5.41) is 5.68. The zero-order valence-corrected chi connectivity index (χ0v) is 17.2. The fourth-order valence-electron chi connectivity index (χ4n) is 4.33. The van der Waals surface area contributed by atoms with Gasteiger partial charge in [0.15, 0.2) is 0 Å². The number of nitrogens with two attached hydrogens (primary N) is 1. The summed E-state index contributed by atoms with van der Waals surface area (Å²) in [6.45, 7) is 0. The molecule has 0 saturated heterocycles. The van der Waals surface area contributed by atoms with Gasteiger partial charge in [-0.1, -0.05) is 0 Å². The van der Waals surface area contributed by atoms with Gasteiger partial charge in [-0.3, -0.25) is 14.4 Å². The highest BCUT2D eigenvalue weighted by atomic mass is 16.5. The summed E-state index contributed by atoms with van der Waals surface area (Å²) in [6, 6.07) is 8.54. The molecule has 158 valence electrons. The van der Waals surface area contributed by atoms with Gasteiger partial charge in [0.05, 0.1) is 24.9 Å². The van der Waals surface area contributed by atoms with Gasteiger partial charge >= 0.3 is 0 Å². The van der Waals surface area contributed by atoms with E-state index in [1.54, 1.807) is 19.4 Å². The summed E-state index contributed by atoms with van der Waals surface area (Å²) < 4.78 is 13.3. The number of nitrogens with zero attached hydrogens (tertiary/aromatic N) is 4. The van der Waals surface area contributed by atoms with Crippen LogP contribution < -0.4 is 15.4 Å². The Kier molecular flexibility index (Phi) is 3.96. The molecule has 8 nitrogen and oxygen atoms in total. The number of hydrogen-bond acceptors (Lipinski definition) is 6. The number of hydrogen-bond donors (Lipinski definition) is 1. The number of anilines is 1. The summed E-state index contributed by atoms with van der Waals surface area (Å²) in [4.78, 5) is 18.5. The van der Waals surface area contributed by atoms with Gasteiger partial charge in [0.1, 0.15) is 12.0 Å². The molecule has 2 aliphatic carbocycles. The molecule has 2 fully saturated rings. The van der Waals surface area contributed by atoms with Crippen molar-refractivity contribution in [3.05, 3.63) is 59.7 Å². The number of pyridine rings is 1. The molecule has 2 saturated carbocycles. The number of carbonyl (C=O) groups is 1. The first kappa shape index (κ1) is 18.2. The Hall–Kier alpha value is -3.55. The van der Waals surface area contributed by atoms with Crippen molar-refractivity contribution < 1.29 is 14.3 Å². The first-order valence-corrected chi connectivity index (χ1v) is 10.6. The fourth-order valence-corrected chi connectivity index (χ4v) is 4.33. The molecule has 1 amide bonds. The average molecular weight is 417 g/mol. The van der Waals surface area contributed by atoms with Crippen molar-refractivity contribution >= 4 is 22.5 Å². The van der Waals surface area contributed by atoms with Crippen LogP contribution in [0.1, 0.15) is 55.0 Å². The van der Waals surface area contributed by atoms with Crippen LogP contribution >= 0.6 is 0 Å². The summed E-state index contributed by atoms with van der Waals surface area (Å²) >= 11 is 0. The van der Waals surface area contributed by atoms with Gasteiger partial charge in [0.25, 0.3) is 5.91 Å². The molecule has 6 rings (SSSR count). The number of rotatable bonds is 6. The zero-order chi connectivity index (χ0) is 21.1. The maximum Gasteiger partial charge on any atom is 0.268 e. The number of ether oxygens (including phenoxy) is 2. The van der Waals surface area contributed by atoms with Gasteiger partial charge in [-0.15, -0.1) is 0 Å². The highest BCUT2D eigenvalue weighted by molar-refractivity contribution is 5.98. The van der Waals surface area contributed by atoms with Crippen molar-refractivity contribution in [2.75, 3.05) is 12.0 Å². The van der Waals surface area contributed by atoms with E-state index in [1.807, 2.05) is 17.2 Å². The average Bonchev–Trinajstić information content (AvgIpc) is 3.72. The summed E-state index contributed by atoms with van der Waals surface area (Å²) in [6.07, 6.45) is 9.15. The monoisotopic (exact) mass is 417 g/mol. The minimum atomic E-state index is -0.533. The van der Waals surface area contributed by atoms with E-state index in [9.17, 15) is 4.79 Å². The second kappa shape index (κ2) is 6.73. The molecule has 3 heterocycles. The number of aromatic nitrogens is 3. The van der Waals surface area contributed by atoms with Crippen LogP contribution in [0.3, 0.4) is 0 Å². The van der Waals surface area contributed by atoms with Crippen molar-refractivity contribution in [3.8, 4) is 5.88 Å². The number of fused-ring (bicyclic) bond motifs is 1. The minimum Gasteiger partial charge on any atom is -0.481 e. The Bertz CT molecular complexity index is 1210. The van der Waals surface area contributed by atoms with Crippen LogP contribution in [-0.2, 0) is 9.53 Å². The fraction of sp³-hybridized carbons (Fsp3) is 0.348. The van der Waals surface area contributed by atoms with Gasteiger partial charge in [-0.05, 0) is 55.4 Å². The molecule has 1 unspecified atom stereocenters. The molecule has 2 N–H and O–H groups in total. The third-order valence-corrected chi connectivity index (χ3v) is 6.22. The lowest BCUT2D eigenvalue weighted by Gasteiger charge is -2.29. The maximum absolute atomic E-state index is 12.3. The van der Waals surface area contributed by atoms with E-state index >= 15 is 0 Å². The Morgan fingerprint density at radius 3 is 2.68 bits per heavy atom. The lowest BCUT2D eigenvalue weighted by Crippen LogP contribution is -2.31. The van der Waals surface area contributed by atoms with Crippen molar-refractivity contribution in [3.63, 3.8) is 0 Å². The number of amides is 1. The van der Waals surface area contributed by atoms with E-state index in [2.05, 4.69) is 26.9 Å². The quantitative estimate of drug-likeness (QED) is 0.659. The predicted octanol–water partition coefficient (Wildman–Crippen LogP) is 3.51. The number of primary amides is 1. The molecule has 1 aliphatic heterocycles. The lowest BCUT2D eigenvalue weighted by molar-refractivity contribution is -0.114. The molecule has 31 heavy (non-hydrogen) atoms. The molecule has 8 heteroatoms. The number of carbonyl (C=O) groups excluding carboxylic acids is 1. The van der Waals surface area contributed by atoms with E-state index in [4.69, 9.17) is 15.2 Å². The molecule has 0 radical (unpaired) electrons. The van der Waals surface area contributed by atoms with Crippen LogP contribution in [0.2, 0.25) is 0 Å². The second-order valence-electron chi connectivity index (χ2n) is 8.42. The van der Waals surface area contributed by atoms with E-state index < -0.39 is 12.1 Å². The predicted molar refractivity (Wildman–Crippen MR) is 114 cm³/mol. The molecule has 1 atom stereocenters. The van der Waals surface area contributed by atoms with E-state index in [0.717, 1.165) is 35.0 Å². The number of methoxy groups -OCH3 is 1. The van der Waals surface area contributed by atoms with Crippen LogP contribution in [0.4, 0.5) is 5.69 Å². The van der Waals surface area contributed by atoms with Gasteiger partial charge in [0, 0.05) is 28.9 Å². The molecule has 2 aromatic heterocycles. The van der Waals surface area contributed by atoms with Crippen molar-refractivity contribution in [2.45, 2.75) is 43.9 Å².